The number of aryl methyl sites for hydroxylation is 1. The van der Waals surface area contributed by atoms with E-state index < -0.39 is 0 Å². The summed E-state index contributed by atoms with van der Waals surface area (Å²) >= 11 is 5.89. The molecule has 0 saturated heterocycles. The van der Waals surface area contributed by atoms with Gasteiger partial charge >= 0.3 is 5.97 Å². The fourth-order valence-electron chi connectivity index (χ4n) is 1.63. The van der Waals surface area contributed by atoms with Crippen LogP contribution >= 0.6 is 11.6 Å². The number of rotatable bonds is 6. The number of esters is 1. The van der Waals surface area contributed by atoms with Crippen molar-refractivity contribution in [3.05, 3.63) is 28.8 Å². The average Bonchev–Trinajstić information content (AvgIpc) is 2.40. The molecule has 0 aromatic heterocycles. The fraction of sp³-hybridized carbons (Fsp3) is 0.429. The second-order valence-corrected chi connectivity index (χ2v) is 5.01. The Kier molecular flexibility index (Phi) is 6.48. The number of anilines is 1. The molecule has 20 heavy (non-hydrogen) atoms. The molecular formula is C14H19ClN2O3. The lowest BCUT2D eigenvalue weighted by atomic mass is 10.2. The predicted molar refractivity (Wildman–Crippen MR) is 78.9 cm³/mol. The quantitative estimate of drug-likeness (QED) is 0.817. The van der Waals surface area contributed by atoms with Gasteiger partial charge in [-0.15, -0.1) is 0 Å². The Morgan fingerprint density at radius 2 is 2.10 bits per heavy atom. The zero-order chi connectivity index (χ0) is 15.1. The summed E-state index contributed by atoms with van der Waals surface area (Å²) in [5, 5.41) is 3.38. The fourth-order valence-corrected chi connectivity index (χ4v) is 1.80. The number of ether oxygens (including phenoxy) is 1. The van der Waals surface area contributed by atoms with Crippen molar-refractivity contribution in [3.8, 4) is 0 Å². The molecule has 0 heterocycles. The van der Waals surface area contributed by atoms with E-state index in [9.17, 15) is 9.59 Å². The number of nitrogens with one attached hydrogen (secondary N) is 1. The summed E-state index contributed by atoms with van der Waals surface area (Å²) in [6.07, 6.45) is 0.260. The summed E-state index contributed by atoms with van der Waals surface area (Å²) in [6, 6.07) is 5.33. The lowest BCUT2D eigenvalue weighted by Crippen LogP contribution is -2.32. The van der Waals surface area contributed by atoms with E-state index in [1.807, 2.05) is 13.0 Å². The summed E-state index contributed by atoms with van der Waals surface area (Å²) in [7, 11) is 3.12. The zero-order valence-electron chi connectivity index (χ0n) is 11.9. The van der Waals surface area contributed by atoms with E-state index in [1.54, 1.807) is 24.1 Å². The van der Waals surface area contributed by atoms with Crippen molar-refractivity contribution in [2.45, 2.75) is 13.3 Å². The van der Waals surface area contributed by atoms with Gasteiger partial charge in [-0.3, -0.25) is 14.5 Å². The van der Waals surface area contributed by atoms with Gasteiger partial charge in [-0.1, -0.05) is 17.7 Å². The van der Waals surface area contributed by atoms with Gasteiger partial charge in [0.1, 0.15) is 0 Å². The number of amides is 1. The van der Waals surface area contributed by atoms with Crippen LogP contribution in [0, 0.1) is 6.92 Å². The van der Waals surface area contributed by atoms with Gasteiger partial charge in [0, 0.05) is 17.3 Å². The van der Waals surface area contributed by atoms with Crippen LogP contribution in [-0.4, -0.2) is 44.0 Å². The third-order valence-electron chi connectivity index (χ3n) is 2.81. The van der Waals surface area contributed by atoms with E-state index in [0.717, 1.165) is 5.56 Å². The Morgan fingerprint density at radius 3 is 2.75 bits per heavy atom. The normalized spacial score (nSPS) is 10.4. The van der Waals surface area contributed by atoms with Crippen molar-refractivity contribution >= 4 is 29.2 Å². The maximum absolute atomic E-state index is 11.9. The molecule has 0 unspecified atom stereocenters. The average molecular weight is 299 g/mol. The molecule has 0 spiro atoms. The lowest BCUT2D eigenvalue weighted by Gasteiger charge is -2.16. The molecule has 6 heteroatoms. The third kappa shape index (κ3) is 5.59. The topological polar surface area (TPSA) is 58.6 Å². The van der Waals surface area contributed by atoms with Crippen LogP contribution in [0.1, 0.15) is 12.0 Å². The van der Waals surface area contributed by atoms with E-state index in [1.165, 1.54) is 7.11 Å². The van der Waals surface area contributed by atoms with Gasteiger partial charge in [-0.25, -0.2) is 0 Å². The molecule has 1 amide bonds. The molecule has 0 aliphatic rings. The zero-order valence-corrected chi connectivity index (χ0v) is 12.7. The van der Waals surface area contributed by atoms with E-state index in [0.29, 0.717) is 17.3 Å². The lowest BCUT2D eigenvalue weighted by molar-refractivity contribution is -0.141. The number of hydrogen-bond donors (Lipinski definition) is 1. The Labute approximate surface area is 123 Å². The maximum atomic E-state index is 11.9. The standard InChI is InChI=1S/C14H19ClN2O3/c1-10-4-5-11(15)8-12(10)16-13(18)9-17(2)7-6-14(19)20-3/h4-5,8H,6-7,9H2,1-3H3,(H,16,18). The predicted octanol–water partition coefficient (Wildman–Crippen LogP) is 2.08. The largest absolute Gasteiger partial charge is 0.469 e. The number of hydrogen-bond acceptors (Lipinski definition) is 4. The molecule has 0 aliphatic heterocycles. The molecule has 1 aromatic rings. The van der Waals surface area contributed by atoms with Crippen LogP contribution in [-0.2, 0) is 14.3 Å². The first-order valence-electron chi connectivity index (χ1n) is 6.23. The molecule has 0 bridgehead atoms. The Hall–Kier alpha value is -1.59. The third-order valence-corrected chi connectivity index (χ3v) is 3.05. The van der Waals surface area contributed by atoms with E-state index >= 15 is 0 Å². The molecule has 1 aromatic carbocycles. The summed E-state index contributed by atoms with van der Waals surface area (Å²) in [5.41, 5.74) is 1.64. The van der Waals surface area contributed by atoms with Crippen LogP contribution in [0.3, 0.4) is 0 Å². The molecule has 0 atom stereocenters. The molecule has 0 radical (unpaired) electrons. The van der Waals surface area contributed by atoms with Crippen molar-refractivity contribution in [1.82, 2.24) is 4.90 Å². The van der Waals surface area contributed by atoms with E-state index in [4.69, 9.17) is 11.6 Å². The molecular weight excluding hydrogens is 280 g/mol. The molecule has 0 fully saturated rings. The molecule has 5 nitrogen and oxygen atoms in total. The van der Waals surface area contributed by atoms with Crippen molar-refractivity contribution < 1.29 is 14.3 Å². The van der Waals surface area contributed by atoms with Crippen LogP contribution in [0.25, 0.3) is 0 Å². The highest BCUT2D eigenvalue weighted by atomic mass is 35.5. The number of nitrogens with zero attached hydrogens (tertiary/aromatic N) is 1. The Bertz CT molecular complexity index is 491. The number of carbonyl (C=O) groups is 2. The minimum atomic E-state index is -0.289. The highest BCUT2D eigenvalue weighted by Crippen LogP contribution is 2.19. The van der Waals surface area contributed by atoms with E-state index in [-0.39, 0.29) is 24.8 Å². The van der Waals surface area contributed by atoms with Crippen LogP contribution in [0.4, 0.5) is 5.69 Å². The maximum Gasteiger partial charge on any atom is 0.306 e. The van der Waals surface area contributed by atoms with Gasteiger partial charge in [0.15, 0.2) is 0 Å². The minimum Gasteiger partial charge on any atom is -0.469 e. The van der Waals surface area contributed by atoms with E-state index in [2.05, 4.69) is 10.1 Å². The summed E-state index contributed by atoms with van der Waals surface area (Å²) < 4.78 is 4.55. The number of benzene rings is 1. The number of carbonyl (C=O) groups excluding carboxylic acids is 2. The number of methoxy groups -OCH3 is 1. The van der Waals surface area contributed by atoms with Crippen LogP contribution < -0.4 is 5.32 Å². The van der Waals surface area contributed by atoms with Gasteiger partial charge in [-0.05, 0) is 31.7 Å². The molecule has 1 N–H and O–H groups in total. The smallest absolute Gasteiger partial charge is 0.306 e. The van der Waals surface area contributed by atoms with Gasteiger partial charge in [0.25, 0.3) is 0 Å². The highest BCUT2D eigenvalue weighted by molar-refractivity contribution is 6.31. The first kappa shape index (κ1) is 16.5. The highest BCUT2D eigenvalue weighted by Gasteiger charge is 2.10. The summed E-state index contributed by atoms with van der Waals surface area (Å²) in [4.78, 5) is 24.7. The van der Waals surface area contributed by atoms with Crippen LogP contribution in [0.15, 0.2) is 18.2 Å². The van der Waals surface area contributed by atoms with Crippen LogP contribution in [0.5, 0.6) is 0 Å². The number of likely N-dealkylation sites (N-methyl/N-ethyl adjacent to an activating group) is 1. The first-order valence-corrected chi connectivity index (χ1v) is 6.61. The summed E-state index contributed by atoms with van der Waals surface area (Å²) in [5.74, 6) is -0.439. The molecule has 110 valence electrons. The van der Waals surface area contributed by atoms with Gasteiger partial charge in [0.05, 0.1) is 20.1 Å². The summed E-state index contributed by atoms with van der Waals surface area (Å²) in [6.45, 7) is 2.56. The second-order valence-electron chi connectivity index (χ2n) is 4.57. The van der Waals surface area contributed by atoms with Crippen LogP contribution in [0.2, 0.25) is 5.02 Å². The number of halogens is 1. The molecule has 0 saturated carbocycles. The van der Waals surface area contributed by atoms with Gasteiger partial charge < -0.3 is 10.1 Å². The minimum absolute atomic E-state index is 0.150. The van der Waals surface area contributed by atoms with Crippen molar-refractivity contribution in [3.63, 3.8) is 0 Å². The molecule has 1 rings (SSSR count). The van der Waals surface area contributed by atoms with Gasteiger partial charge in [-0.2, -0.15) is 0 Å². The SMILES string of the molecule is COC(=O)CCN(C)CC(=O)Nc1cc(Cl)ccc1C. The molecule has 0 aliphatic carbocycles. The van der Waals surface area contributed by atoms with Crippen molar-refractivity contribution in [2.75, 3.05) is 32.6 Å². The Balaban J connectivity index is 2.47. The Morgan fingerprint density at radius 1 is 1.40 bits per heavy atom. The first-order chi connectivity index (χ1) is 9.42. The van der Waals surface area contributed by atoms with Gasteiger partial charge in [0.2, 0.25) is 5.91 Å². The van der Waals surface area contributed by atoms with Crippen molar-refractivity contribution in [2.24, 2.45) is 0 Å². The monoisotopic (exact) mass is 298 g/mol. The van der Waals surface area contributed by atoms with Crippen molar-refractivity contribution in [1.29, 1.82) is 0 Å². The second kappa shape index (κ2) is 7.87.